The second-order valence-corrected chi connectivity index (χ2v) is 10.4. The van der Waals surface area contributed by atoms with Crippen LogP contribution >= 0.6 is 0 Å². The van der Waals surface area contributed by atoms with Crippen molar-refractivity contribution in [3.8, 4) is 0 Å². The molecule has 0 aromatic heterocycles. The molecular weight excluding hydrogens is 404 g/mol. The lowest BCUT2D eigenvalue weighted by atomic mass is 9.92. The highest BCUT2D eigenvalue weighted by atomic mass is 32.2. The highest BCUT2D eigenvalue weighted by molar-refractivity contribution is 7.89. The van der Waals surface area contributed by atoms with Crippen LogP contribution in [0.4, 0.5) is 0 Å². The SMILES string of the molecule is Cc1ccc([C@@H](c2ccccc2C)N2CCN(S(=O)(=O)c3ccc(C)cc3)CC2)cc1. The van der Waals surface area contributed by atoms with Gasteiger partial charge in [0, 0.05) is 26.2 Å². The fraction of sp³-hybridized carbons (Fsp3) is 0.308. The first-order valence-electron chi connectivity index (χ1n) is 10.8. The zero-order valence-electron chi connectivity index (χ0n) is 18.5. The summed E-state index contributed by atoms with van der Waals surface area (Å²) in [4.78, 5) is 2.79. The lowest BCUT2D eigenvalue weighted by Crippen LogP contribution is -2.49. The van der Waals surface area contributed by atoms with Gasteiger partial charge < -0.3 is 0 Å². The number of rotatable bonds is 5. The third-order valence-corrected chi connectivity index (χ3v) is 8.09. The van der Waals surface area contributed by atoms with Gasteiger partial charge in [0.25, 0.3) is 0 Å². The second-order valence-electron chi connectivity index (χ2n) is 8.42. The van der Waals surface area contributed by atoms with Gasteiger partial charge in [-0.05, 0) is 49.6 Å². The number of hydrogen-bond donors (Lipinski definition) is 0. The minimum absolute atomic E-state index is 0.117. The average molecular weight is 435 g/mol. The van der Waals surface area contributed by atoms with Crippen LogP contribution in [0.1, 0.15) is 33.9 Å². The Morgan fingerprint density at radius 3 is 1.84 bits per heavy atom. The molecule has 0 saturated carbocycles. The summed E-state index contributed by atoms with van der Waals surface area (Å²) < 4.78 is 27.9. The Bertz CT molecular complexity index is 1130. The van der Waals surface area contributed by atoms with Crippen LogP contribution in [-0.4, -0.2) is 43.8 Å². The average Bonchev–Trinajstić information content (AvgIpc) is 2.77. The molecule has 1 aliphatic rings. The van der Waals surface area contributed by atoms with Crippen LogP contribution in [0.2, 0.25) is 0 Å². The van der Waals surface area contributed by atoms with Crippen LogP contribution in [0.15, 0.2) is 77.7 Å². The van der Waals surface area contributed by atoms with Crippen molar-refractivity contribution in [2.24, 2.45) is 0 Å². The van der Waals surface area contributed by atoms with Gasteiger partial charge in [0.2, 0.25) is 10.0 Å². The number of aryl methyl sites for hydroxylation is 3. The van der Waals surface area contributed by atoms with Crippen LogP contribution in [0.5, 0.6) is 0 Å². The maximum atomic E-state index is 13.1. The molecule has 0 amide bonds. The summed E-state index contributed by atoms with van der Waals surface area (Å²) in [6, 6.07) is 24.4. The second kappa shape index (κ2) is 8.95. The molecule has 1 aliphatic heterocycles. The minimum atomic E-state index is -3.46. The summed E-state index contributed by atoms with van der Waals surface area (Å²) in [5, 5.41) is 0. The van der Waals surface area contributed by atoms with Gasteiger partial charge in [-0.1, -0.05) is 71.8 Å². The van der Waals surface area contributed by atoms with E-state index in [9.17, 15) is 8.42 Å². The first-order chi connectivity index (χ1) is 14.9. The number of benzene rings is 3. The molecule has 3 aromatic carbocycles. The van der Waals surface area contributed by atoms with E-state index in [0.29, 0.717) is 31.1 Å². The summed E-state index contributed by atoms with van der Waals surface area (Å²) in [7, 11) is -3.46. The number of nitrogens with zero attached hydrogens (tertiary/aromatic N) is 2. The maximum absolute atomic E-state index is 13.1. The van der Waals surface area contributed by atoms with Gasteiger partial charge in [-0.25, -0.2) is 8.42 Å². The van der Waals surface area contributed by atoms with Crippen LogP contribution in [0.3, 0.4) is 0 Å². The highest BCUT2D eigenvalue weighted by Gasteiger charge is 2.32. The highest BCUT2D eigenvalue weighted by Crippen LogP contribution is 2.32. The third-order valence-electron chi connectivity index (χ3n) is 6.17. The Hall–Kier alpha value is -2.47. The molecule has 162 valence electrons. The smallest absolute Gasteiger partial charge is 0.243 e. The summed E-state index contributed by atoms with van der Waals surface area (Å²) in [6.45, 7) is 8.58. The van der Waals surface area contributed by atoms with Crippen molar-refractivity contribution < 1.29 is 8.42 Å². The monoisotopic (exact) mass is 434 g/mol. The molecule has 3 aromatic rings. The Labute approximate surface area is 186 Å². The van der Waals surface area contributed by atoms with Crippen LogP contribution in [0.25, 0.3) is 0 Å². The van der Waals surface area contributed by atoms with Crippen LogP contribution in [-0.2, 0) is 10.0 Å². The quantitative estimate of drug-likeness (QED) is 0.584. The molecule has 0 unspecified atom stereocenters. The number of hydrogen-bond acceptors (Lipinski definition) is 3. The molecule has 5 heteroatoms. The Kier molecular flexibility index (Phi) is 6.28. The fourth-order valence-corrected chi connectivity index (χ4v) is 5.71. The number of piperazine rings is 1. The molecule has 1 fully saturated rings. The van der Waals surface area contributed by atoms with Gasteiger partial charge in [-0.15, -0.1) is 0 Å². The van der Waals surface area contributed by atoms with Crippen molar-refractivity contribution in [2.75, 3.05) is 26.2 Å². The van der Waals surface area contributed by atoms with E-state index in [1.165, 1.54) is 22.3 Å². The maximum Gasteiger partial charge on any atom is 0.243 e. The third kappa shape index (κ3) is 4.59. The summed E-state index contributed by atoms with van der Waals surface area (Å²) in [5.41, 5.74) is 6.07. The van der Waals surface area contributed by atoms with E-state index in [-0.39, 0.29) is 6.04 Å². The molecule has 0 aliphatic carbocycles. The molecular formula is C26H30N2O2S. The first kappa shape index (κ1) is 21.8. The normalized spacial score (nSPS) is 16.9. The largest absolute Gasteiger partial charge is 0.290 e. The molecule has 1 saturated heterocycles. The zero-order valence-corrected chi connectivity index (χ0v) is 19.3. The standard InChI is InChI=1S/C26H30N2O2S/c1-20-8-12-23(13-9-20)26(25-7-5-4-6-22(25)3)27-16-18-28(19-17-27)31(29,30)24-14-10-21(2)11-15-24/h4-15,26H,16-19H2,1-3H3/t26-/m0/s1. The molecule has 4 rings (SSSR count). The Morgan fingerprint density at radius 1 is 0.710 bits per heavy atom. The van der Waals surface area contributed by atoms with Gasteiger partial charge in [0.05, 0.1) is 10.9 Å². The molecule has 4 nitrogen and oxygen atoms in total. The van der Waals surface area contributed by atoms with E-state index >= 15 is 0 Å². The van der Waals surface area contributed by atoms with Gasteiger partial charge in [0.15, 0.2) is 0 Å². The van der Waals surface area contributed by atoms with E-state index in [4.69, 9.17) is 0 Å². The topological polar surface area (TPSA) is 40.6 Å². The summed E-state index contributed by atoms with van der Waals surface area (Å²) in [6.07, 6.45) is 0. The van der Waals surface area contributed by atoms with Crippen LogP contribution in [0, 0.1) is 20.8 Å². The van der Waals surface area contributed by atoms with Crippen molar-refractivity contribution >= 4 is 10.0 Å². The predicted octanol–water partition coefficient (Wildman–Crippen LogP) is 4.71. The van der Waals surface area contributed by atoms with Gasteiger partial charge in [0.1, 0.15) is 0 Å². The summed E-state index contributed by atoms with van der Waals surface area (Å²) >= 11 is 0. The molecule has 1 heterocycles. The van der Waals surface area contributed by atoms with Crippen molar-refractivity contribution in [2.45, 2.75) is 31.7 Å². The Morgan fingerprint density at radius 2 is 1.26 bits per heavy atom. The van der Waals surface area contributed by atoms with E-state index in [0.717, 1.165) is 5.56 Å². The van der Waals surface area contributed by atoms with Crippen LogP contribution < -0.4 is 0 Å². The number of sulfonamides is 1. The molecule has 0 spiro atoms. The lowest BCUT2D eigenvalue weighted by Gasteiger charge is -2.39. The summed E-state index contributed by atoms with van der Waals surface area (Å²) in [5.74, 6) is 0. The van der Waals surface area contributed by atoms with E-state index < -0.39 is 10.0 Å². The van der Waals surface area contributed by atoms with E-state index in [1.807, 2.05) is 19.1 Å². The molecule has 0 radical (unpaired) electrons. The van der Waals surface area contributed by atoms with E-state index in [1.54, 1.807) is 16.4 Å². The van der Waals surface area contributed by atoms with Gasteiger partial charge in [-0.2, -0.15) is 4.31 Å². The lowest BCUT2D eigenvalue weighted by molar-refractivity contribution is 0.155. The predicted molar refractivity (Wildman–Crippen MR) is 126 cm³/mol. The minimum Gasteiger partial charge on any atom is -0.290 e. The fourth-order valence-electron chi connectivity index (χ4n) is 4.29. The van der Waals surface area contributed by atoms with Crippen molar-refractivity contribution in [3.63, 3.8) is 0 Å². The van der Waals surface area contributed by atoms with Gasteiger partial charge in [-0.3, -0.25) is 4.90 Å². The van der Waals surface area contributed by atoms with Crippen molar-refractivity contribution in [1.29, 1.82) is 0 Å². The molecule has 1 atom stereocenters. The van der Waals surface area contributed by atoms with Crippen molar-refractivity contribution in [3.05, 3.63) is 101 Å². The zero-order chi connectivity index (χ0) is 22.0. The van der Waals surface area contributed by atoms with E-state index in [2.05, 4.69) is 67.3 Å². The molecule has 31 heavy (non-hydrogen) atoms. The molecule has 0 N–H and O–H groups in total. The Balaban J connectivity index is 1.59. The first-order valence-corrected chi connectivity index (χ1v) is 12.2. The van der Waals surface area contributed by atoms with Gasteiger partial charge >= 0.3 is 0 Å². The molecule has 0 bridgehead atoms. The van der Waals surface area contributed by atoms with Crippen molar-refractivity contribution in [1.82, 2.24) is 9.21 Å².